The Morgan fingerprint density at radius 2 is 2.00 bits per heavy atom. The third-order valence-corrected chi connectivity index (χ3v) is 3.17. The Hall–Kier alpha value is -1.55. The molecular formula is C15H23NO3. The van der Waals surface area contributed by atoms with Gasteiger partial charge in [0.1, 0.15) is 5.75 Å². The van der Waals surface area contributed by atoms with Crippen LogP contribution in [-0.2, 0) is 4.74 Å². The smallest absolute Gasteiger partial charge is 0.128 e. The summed E-state index contributed by atoms with van der Waals surface area (Å²) in [6, 6.07) is 7.60. The highest BCUT2D eigenvalue weighted by Crippen LogP contribution is 2.21. The molecule has 0 aliphatic rings. The Labute approximate surface area is 115 Å². The largest absolute Gasteiger partial charge is 0.493 e. The van der Waals surface area contributed by atoms with Crippen molar-refractivity contribution in [3.05, 3.63) is 29.8 Å². The number of ether oxygens (including phenoxy) is 2. The van der Waals surface area contributed by atoms with Crippen molar-refractivity contribution in [2.45, 2.75) is 39.2 Å². The van der Waals surface area contributed by atoms with Crippen molar-refractivity contribution in [3.8, 4) is 5.75 Å². The van der Waals surface area contributed by atoms with Crippen LogP contribution in [0.1, 0.15) is 39.2 Å². The van der Waals surface area contributed by atoms with E-state index in [0.29, 0.717) is 18.7 Å². The number of benzene rings is 1. The van der Waals surface area contributed by atoms with Gasteiger partial charge in [-0.25, -0.2) is 0 Å². The highest BCUT2D eigenvalue weighted by atomic mass is 16.5. The third kappa shape index (κ3) is 4.56. The molecule has 0 radical (unpaired) electrons. The molecule has 0 aliphatic carbocycles. The second-order valence-electron chi connectivity index (χ2n) is 4.96. The first kappa shape index (κ1) is 15.5. The Morgan fingerprint density at radius 1 is 1.32 bits per heavy atom. The lowest BCUT2D eigenvalue weighted by atomic mass is 10.1. The van der Waals surface area contributed by atoms with Crippen molar-refractivity contribution in [2.75, 3.05) is 13.7 Å². The molecule has 0 spiro atoms. The highest BCUT2D eigenvalue weighted by molar-refractivity contribution is 6.02. The molecule has 4 nitrogen and oxygen atoms in total. The number of hydrogen-bond donors (Lipinski definition) is 1. The molecule has 0 saturated carbocycles. The number of methoxy groups -OCH3 is 1. The number of nitrogens with zero attached hydrogens (tertiary/aromatic N) is 1. The molecule has 0 unspecified atom stereocenters. The van der Waals surface area contributed by atoms with Crippen molar-refractivity contribution >= 4 is 5.71 Å². The van der Waals surface area contributed by atoms with Crippen molar-refractivity contribution < 1.29 is 14.7 Å². The van der Waals surface area contributed by atoms with Gasteiger partial charge in [0.25, 0.3) is 0 Å². The normalized spacial score (nSPS) is 12.5. The molecule has 0 atom stereocenters. The first-order valence-corrected chi connectivity index (χ1v) is 6.52. The fraction of sp³-hybridized carbons (Fsp3) is 0.533. The molecule has 1 rings (SSSR count). The summed E-state index contributed by atoms with van der Waals surface area (Å²) in [7, 11) is 1.70. The summed E-state index contributed by atoms with van der Waals surface area (Å²) >= 11 is 0. The van der Waals surface area contributed by atoms with Gasteiger partial charge in [-0.1, -0.05) is 24.2 Å². The maximum absolute atomic E-state index is 9.01. The minimum absolute atomic E-state index is 0.201. The first-order valence-electron chi connectivity index (χ1n) is 6.52. The Morgan fingerprint density at radius 3 is 2.58 bits per heavy atom. The molecule has 0 heterocycles. The lowest BCUT2D eigenvalue weighted by Crippen LogP contribution is -2.25. The summed E-state index contributed by atoms with van der Waals surface area (Å²) < 4.78 is 11.1. The summed E-state index contributed by atoms with van der Waals surface area (Å²) in [6.45, 7) is 6.55. The molecule has 0 amide bonds. The fourth-order valence-electron chi connectivity index (χ4n) is 1.65. The van der Waals surface area contributed by atoms with E-state index in [1.165, 1.54) is 0 Å². The van der Waals surface area contributed by atoms with Crippen LogP contribution in [-0.4, -0.2) is 30.2 Å². The van der Waals surface area contributed by atoms with E-state index in [1.54, 1.807) is 7.11 Å². The third-order valence-electron chi connectivity index (χ3n) is 3.17. The number of rotatable bonds is 7. The molecule has 0 aromatic heterocycles. The second kappa shape index (κ2) is 7.14. The quantitative estimate of drug-likeness (QED) is 0.466. The van der Waals surface area contributed by atoms with E-state index in [2.05, 4.69) is 5.16 Å². The molecule has 0 saturated heterocycles. The van der Waals surface area contributed by atoms with Gasteiger partial charge in [0, 0.05) is 19.1 Å². The van der Waals surface area contributed by atoms with Gasteiger partial charge in [-0.2, -0.15) is 0 Å². The van der Waals surface area contributed by atoms with Gasteiger partial charge in [0.15, 0.2) is 0 Å². The van der Waals surface area contributed by atoms with Crippen LogP contribution >= 0.6 is 0 Å². The second-order valence-corrected chi connectivity index (χ2v) is 4.96. The lowest BCUT2D eigenvalue weighted by Gasteiger charge is -2.23. The molecular weight excluding hydrogens is 242 g/mol. The zero-order valence-corrected chi connectivity index (χ0v) is 12.1. The van der Waals surface area contributed by atoms with Crippen LogP contribution in [0, 0.1) is 0 Å². The van der Waals surface area contributed by atoms with Gasteiger partial charge in [0.05, 0.1) is 17.9 Å². The fourth-order valence-corrected chi connectivity index (χ4v) is 1.65. The van der Waals surface area contributed by atoms with E-state index in [0.717, 1.165) is 17.7 Å². The highest BCUT2D eigenvalue weighted by Gasteiger charge is 2.17. The van der Waals surface area contributed by atoms with Gasteiger partial charge >= 0.3 is 0 Å². The standard InChI is InChI=1S/C15H23NO3/c1-5-13(16-17)12-8-6-7-9-14(12)19-11-10-15(2,3)18-4/h6-9,17H,5,10-11H2,1-4H3/b16-13-. The van der Waals surface area contributed by atoms with E-state index in [4.69, 9.17) is 14.7 Å². The molecule has 19 heavy (non-hydrogen) atoms. The van der Waals surface area contributed by atoms with Crippen molar-refractivity contribution in [2.24, 2.45) is 5.16 Å². The lowest BCUT2D eigenvalue weighted by molar-refractivity contribution is 0.00544. The van der Waals surface area contributed by atoms with Crippen LogP contribution in [0.2, 0.25) is 0 Å². The summed E-state index contributed by atoms with van der Waals surface area (Å²) in [5, 5.41) is 12.3. The molecule has 106 valence electrons. The summed E-state index contributed by atoms with van der Waals surface area (Å²) in [6.07, 6.45) is 1.44. The summed E-state index contributed by atoms with van der Waals surface area (Å²) in [5.74, 6) is 0.740. The van der Waals surface area contributed by atoms with Crippen molar-refractivity contribution in [3.63, 3.8) is 0 Å². The average molecular weight is 265 g/mol. The Bertz CT molecular complexity index is 427. The zero-order valence-electron chi connectivity index (χ0n) is 12.1. The van der Waals surface area contributed by atoms with Crippen molar-refractivity contribution in [1.82, 2.24) is 0 Å². The van der Waals surface area contributed by atoms with Crippen LogP contribution in [0.4, 0.5) is 0 Å². The van der Waals surface area contributed by atoms with Crippen LogP contribution in [0.25, 0.3) is 0 Å². The van der Waals surface area contributed by atoms with Gasteiger partial charge in [-0.05, 0) is 32.4 Å². The predicted molar refractivity (Wildman–Crippen MR) is 76.3 cm³/mol. The van der Waals surface area contributed by atoms with Gasteiger partial charge < -0.3 is 14.7 Å². The molecule has 1 aromatic carbocycles. The van der Waals surface area contributed by atoms with Crippen LogP contribution in [0.3, 0.4) is 0 Å². The van der Waals surface area contributed by atoms with Crippen molar-refractivity contribution in [1.29, 1.82) is 0 Å². The van der Waals surface area contributed by atoms with Gasteiger partial charge in [0.2, 0.25) is 0 Å². The molecule has 0 fully saturated rings. The number of hydrogen-bond acceptors (Lipinski definition) is 4. The predicted octanol–water partition coefficient (Wildman–Crippen LogP) is 3.47. The summed E-state index contributed by atoms with van der Waals surface area (Å²) in [4.78, 5) is 0. The van der Waals surface area contributed by atoms with Crippen LogP contribution in [0.5, 0.6) is 5.75 Å². The topological polar surface area (TPSA) is 51.1 Å². The van der Waals surface area contributed by atoms with Crippen LogP contribution < -0.4 is 4.74 Å². The molecule has 0 bridgehead atoms. The van der Waals surface area contributed by atoms with E-state index in [9.17, 15) is 0 Å². The first-order chi connectivity index (χ1) is 9.04. The monoisotopic (exact) mass is 265 g/mol. The number of oxime groups is 1. The summed E-state index contributed by atoms with van der Waals surface area (Å²) in [5.41, 5.74) is 1.26. The number of para-hydroxylation sites is 1. The Kier molecular flexibility index (Phi) is 5.83. The zero-order chi connectivity index (χ0) is 14.3. The minimum atomic E-state index is -0.201. The molecule has 1 aromatic rings. The molecule has 4 heteroatoms. The van der Waals surface area contributed by atoms with E-state index >= 15 is 0 Å². The molecule has 0 aliphatic heterocycles. The average Bonchev–Trinajstić information content (AvgIpc) is 2.41. The van der Waals surface area contributed by atoms with Crippen LogP contribution in [0.15, 0.2) is 29.4 Å². The molecule has 1 N–H and O–H groups in total. The van der Waals surface area contributed by atoms with Gasteiger partial charge in [-0.3, -0.25) is 0 Å². The Balaban J connectivity index is 2.74. The minimum Gasteiger partial charge on any atom is -0.493 e. The van der Waals surface area contributed by atoms with E-state index in [-0.39, 0.29) is 5.60 Å². The maximum Gasteiger partial charge on any atom is 0.128 e. The maximum atomic E-state index is 9.01. The van der Waals surface area contributed by atoms with E-state index in [1.807, 2.05) is 45.0 Å². The van der Waals surface area contributed by atoms with E-state index < -0.39 is 0 Å². The SMILES string of the molecule is CC/C(=N/O)c1ccccc1OCCC(C)(C)OC. The van der Waals surface area contributed by atoms with Gasteiger partial charge in [-0.15, -0.1) is 0 Å².